The lowest BCUT2D eigenvalue weighted by Crippen LogP contribution is -2.76. The quantitative estimate of drug-likeness (QED) is 0.483. The van der Waals surface area contributed by atoms with Gasteiger partial charge in [0.25, 0.3) is 0 Å². The number of hydrogen-bond donors (Lipinski definition) is 4. The summed E-state index contributed by atoms with van der Waals surface area (Å²) in [5.41, 5.74) is -0.424. The summed E-state index contributed by atoms with van der Waals surface area (Å²) in [7, 11) is 3.85. The molecular weight excluding hydrogens is 196 g/mol. The summed E-state index contributed by atoms with van der Waals surface area (Å²) in [6, 6.07) is 0. The fourth-order valence-corrected chi connectivity index (χ4v) is 2.18. The Morgan fingerprint density at radius 2 is 1.73 bits per heavy atom. The first-order valence-corrected chi connectivity index (χ1v) is 5.26. The Hall–Kier alpha value is -0.240. The van der Waals surface area contributed by atoms with Crippen LogP contribution in [0.4, 0.5) is 0 Å². The van der Waals surface area contributed by atoms with Gasteiger partial charge in [-0.15, -0.1) is 0 Å². The molecule has 0 aromatic heterocycles. The van der Waals surface area contributed by atoms with Crippen molar-refractivity contribution in [3.8, 4) is 0 Å². The molecule has 6 heteroatoms. The number of nitrogens with one attached hydrogen (secondary N) is 2. The lowest BCUT2D eigenvalue weighted by atomic mass is 9.88. The van der Waals surface area contributed by atoms with Crippen molar-refractivity contribution in [3.05, 3.63) is 0 Å². The zero-order valence-electron chi connectivity index (χ0n) is 9.91. The summed E-state index contributed by atoms with van der Waals surface area (Å²) in [5.74, 6) is -1.01. The Labute approximate surface area is 90.8 Å². The summed E-state index contributed by atoms with van der Waals surface area (Å²) in [6.45, 7) is 5.42. The van der Waals surface area contributed by atoms with E-state index in [1.165, 1.54) is 0 Å². The van der Waals surface area contributed by atoms with Gasteiger partial charge in [0.15, 0.2) is 5.79 Å². The molecule has 0 aliphatic carbocycles. The molecule has 4 N–H and O–H groups in total. The van der Waals surface area contributed by atoms with Crippen LogP contribution in [0.5, 0.6) is 0 Å². The molecular formula is C9H22N4O2. The lowest BCUT2D eigenvalue weighted by molar-refractivity contribution is -0.392. The van der Waals surface area contributed by atoms with Crippen molar-refractivity contribution in [1.82, 2.24) is 20.8 Å². The summed E-state index contributed by atoms with van der Waals surface area (Å²) in [4.78, 5) is 1.98. The summed E-state index contributed by atoms with van der Waals surface area (Å²) >= 11 is 0. The van der Waals surface area contributed by atoms with E-state index in [0.717, 1.165) is 6.42 Å². The summed E-state index contributed by atoms with van der Waals surface area (Å²) in [6.07, 6.45) is 0.775. The van der Waals surface area contributed by atoms with Gasteiger partial charge in [0.2, 0.25) is 0 Å². The van der Waals surface area contributed by atoms with E-state index in [1.54, 1.807) is 0 Å². The lowest BCUT2D eigenvalue weighted by Gasteiger charge is -2.50. The molecule has 0 saturated carbocycles. The highest BCUT2D eigenvalue weighted by atomic mass is 16.8. The van der Waals surface area contributed by atoms with Crippen LogP contribution in [-0.2, 0) is 0 Å². The molecule has 0 radical (unpaired) electrons. The second kappa shape index (κ2) is 4.32. The third-order valence-corrected chi connectivity index (χ3v) is 3.64. The van der Waals surface area contributed by atoms with E-state index in [0.29, 0.717) is 13.1 Å². The maximum atomic E-state index is 9.46. The zero-order chi connectivity index (χ0) is 11.7. The first-order chi connectivity index (χ1) is 6.90. The monoisotopic (exact) mass is 218 g/mol. The van der Waals surface area contributed by atoms with Crippen LogP contribution in [0.1, 0.15) is 20.3 Å². The van der Waals surface area contributed by atoms with E-state index in [2.05, 4.69) is 10.6 Å². The Balaban J connectivity index is 3.06. The van der Waals surface area contributed by atoms with E-state index in [-0.39, 0.29) is 5.23 Å². The largest absolute Gasteiger partial charge is 0.300 e. The highest BCUT2D eigenvalue weighted by molar-refractivity contribution is 5.05. The molecule has 1 rings (SSSR count). The smallest absolute Gasteiger partial charge is 0.194 e. The summed E-state index contributed by atoms with van der Waals surface area (Å²) in [5, 5.41) is 25.4. The second-order valence-electron chi connectivity index (χ2n) is 4.38. The summed E-state index contributed by atoms with van der Waals surface area (Å²) < 4.78 is 0. The van der Waals surface area contributed by atoms with Gasteiger partial charge in [0.05, 0.1) is 5.54 Å². The van der Waals surface area contributed by atoms with Gasteiger partial charge in [0, 0.05) is 13.1 Å². The SMILES string of the molecule is CCC(C)(N(C)C)C1(N(O)O)NCCN1. The molecule has 1 unspecified atom stereocenters. The van der Waals surface area contributed by atoms with Gasteiger partial charge in [0.1, 0.15) is 0 Å². The number of hydroxylamine groups is 2. The minimum Gasteiger partial charge on any atom is -0.300 e. The minimum absolute atomic E-state index is 0.253. The van der Waals surface area contributed by atoms with E-state index in [9.17, 15) is 10.4 Å². The van der Waals surface area contributed by atoms with Crippen molar-refractivity contribution in [1.29, 1.82) is 0 Å². The van der Waals surface area contributed by atoms with Crippen LogP contribution in [-0.4, -0.2) is 59.1 Å². The van der Waals surface area contributed by atoms with Gasteiger partial charge in [-0.05, 0) is 32.7 Å². The standard InChI is InChI=1S/C9H22N4O2/c1-5-8(2,12(3)4)9(13(14)15)10-6-7-11-9/h10-11,14-15H,5-7H2,1-4H3. The number of nitrogens with zero attached hydrogens (tertiary/aromatic N) is 2. The molecule has 15 heavy (non-hydrogen) atoms. The predicted octanol–water partition coefficient (Wildman–Crippen LogP) is -0.356. The molecule has 1 aliphatic heterocycles. The van der Waals surface area contributed by atoms with Crippen LogP contribution < -0.4 is 10.6 Å². The van der Waals surface area contributed by atoms with Crippen molar-refractivity contribution in [2.24, 2.45) is 0 Å². The van der Waals surface area contributed by atoms with E-state index >= 15 is 0 Å². The molecule has 6 nitrogen and oxygen atoms in total. The van der Waals surface area contributed by atoms with Crippen molar-refractivity contribution in [2.45, 2.75) is 31.6 Å². The van der Waals surface area contributed by atoms with Crippen LogP contribution in [0.3, 0.4) is 0 Å². The fraction of sp³-hybridized carbons (Fsp3) is 1.00. The maximum absolute atomic E-state index is 9.46. The van der Waals surface area contributed by atoms with E-state index in [1.807, 2.05) is 32.8 Å². The number of hydrogen-bond acceptors (Lipinski definition) is 6. The third-order valence-electron chi connectivity index (χ3n) is 3.64. The van der Waals surface area contributed by atoms with Crippen LogP contribution in [0.15, 0.2) is 0 Å². The van der Waals surface area contributed by atoms with Gasteiger partial charge in [-0.1, -0.05) is 6.92 Å². The molecule has 0 aromatic rings. The van der Waals surface area contributed by atoms with Crippen molar-refractivity contribution in [3.63, 3.8) is 0 Å². The molecule has 1 aliphatic rings. The second-order valence-corrected chi connectivity index (χ2v) is 4.38. The van der Waals surface area contributed by atoms with Gasteiger partial charge < -0.3 is 0 Å². The van der Waals surface area contributed by atoms with Crippen molar-refractivity contribution < 1.29 is 10.4 Å². The van der Waals surface area contributed by atoms with Gasteiger partial charge in [-0.2, -0.15) is 0 Å². The number of likely N-dealkylation sites (N-methyl/N-ethyl adjacent to an activating group) is 1. The molecule has 1 heterocycles. The average molecular weight is 218 g/mol. The van der Waals surface area contributed by atoms with Crippen LogP contribution >= 0.6 is 0 Å². The maximum Gasteiger partial charge on any atom is 0.194 e. The molecule has 1 atom stereocenters. The predicted molar refractivity (Wildman–Crippen MR) is 56.5 cm³/mol. The first-order valence-electron chi connectivity index (χ1n) is 5.26. The molecule has 1 saturated heterocycles. The molecule has 90 valence electrons. The molecule has 0 spiro atoms. The Morgan fingerprint density at radius 1 is 1.27 bits per heavy atom. The van der Waals surface area contributed by atoms with E-state index < -0.39 is 11.3 Å². The fourth-order valence-electron chi connectivity index (χ4n) is 2.18. The zero-order valence-corrected chi connectivity index (χ0v) is 9.91. The molecule has 0 amide bonds. The minimum atomic E-state index is -1.01. The Bertz CT molecular complexity index is 216. The van der Waals surface area contributed by atoms with E-state index in [4.69, 9.17) is 0 Å². The molecule has 0 aromatic carbocycles. The molecule has 0 bridgehead atoms. The number of rotatable bonds is 4. The van der Waals surface area contributed by atoms with Crippen LogP contribution in [0.2, 0.25) is 0 Å². The Kier molecular flexibility index (Phi) is 3.70. The average Bonchev–Trinajstić information content (AvgIpc) is 2.66. The molecule has 1 fully saturated rings. The van der Waals surface area contributed by atoms with Gasteiger partial charge in [-0.3, -0.25) is 25.9 Å². The van der Waals surface area contributed by atoms with Crippen LogP contribution in [0.25, 0.3) is 0 Å². The van der Waals surface area contributed by atoms with Crippen molar-refractivity contribution >= 4 is 0 Å². The first kappa shape index (κ1) is 12.8. The van der Waals surface area contributed by atoms with Crippen molar-refractivity contribution in [2.75, 3.05) is 27.2 Å². The van der Waals surface area contributed by atoms with Gasteiger partial charge >= 0.3 is 0 Å². The third kappa shape index (κ3) is 1.77. The van der Waals surface area contributed by atoms with Gasteiger partial charge in [-0.25, -0.2) is 0 Å². The Morgan fingerprint density at radius 3 is 2.00 bits per heavy atom. The topological polar surface area (TPSA) is 71.0 Å². The highest BCUT2D eigenvalue weighted by Crippen LogP contribution is 2.31. The normalized spacial score (nSPS) is 24.8. The van der Waals surface area contributed by atoms with Crippen LogP contribution in [0, 0.1) is 0 Å². The highest BCUT2D eigenvalue weighted by Gasteiger charge is 2.54.